The summed E-state index contributed by atoms with van der Waals surface area (Å²) in [5.41, 5.74) is 0. The van der Waals surface area contributed by atoms with Crippen LogP contribution in [0.2, 0.25) is 0 Å². The lowest BCUT2D eigenvalue weighted by Gasteiger charge is -2.25. The lowest BCUT2D eigenvalue weighted by atomic mass is 9.98. The van der Waals surface area contributed by atoms with Gasteiger partial charge in [-0.1, -0.05) is 25.5 Å². The van der Waals surface area contributed by atoms with Crippen molar-refractivity contribution in [2.75, 3.05) is 13.1 Å². The number of carboxylic acid groups (broad SMARTS) is 1. The minimum atomic E-state index is -1.34. The van der Waals surface area contributed by atoms with Gasteiger partial charge in [-0.05, 0) is 5.92 Å². The molecule has 4 atom stereocenters. The van der Waals surface area contributed by atoms with Crippen molar-refractivity contribution in [3.63, 3.8) is 0 Å². The van der Waals surface area contributed by atoms with Crippen LogP contribution < -0.4 is 16.0 Å². The fourth-order valence-corrected chi connectivity index (χ4v) is 3.09. The van der Waals surface area contributed by atoms with Crippen molar-refractivity contribution in [1.29, 1.82) is 0 Å². The van der Waals surface area contributed by atoms with E-state index in [1.165, 1.54) is 4.90 Å². The van der Waals surface area contributed by atoms with Crippen LogP contribution in [-0.2, 0) is 20.9 Å². The van der Waals surface area contributed by atoms with Gasteiger partial charge in [-0.15, -0.1) is 10.2 Å². The summed E-state index contributed by atoms with van der Waals surface area (Å²) in [5.74, 6) is -1.74. The number of aromatic amines is 1. The highest BCUT2D eigenvalue weighted by atomic mass is 16.4. The maximum atomic E-state index is 12.6. The summed E-state index contributed by atoms with van der Waals surface area (Å²) in [7, 11) is 0. The van der Waals surface area contributed by atoms with Crippen LogP contribution in [-0.4, -0.2) is 90.8 Å². The highest BCUT2D eigenvalue weighted by Gasteiger charge is 2.39. The first-order valence-electron chi connectivity index (χ1n) is 9.47. The number of likely N-dealkylation sites (tertiary alicyclic amines) is 1. The summed E-state index contributed by atoms with van der Waals surface area (Å²) >= 11 is 0. The van der Waals surface area contributed by atoms with Gasteiger partial charge in [0.1, 0.15) is 12.1 Å². The number of aliphatic hydroxyl groups excluding tert-OH is 1. The Morgan fingerprint density at radius 1 is 1.30 bits per heavy atom. The van der Waals surface area contributed by atoms with E-state index in [2.05, 4.69) is 36.6 Å². The Hall–Kier alpha value is -3.29. The summed E-state index contributed by atoms with van der Waals surface area (Å²) in [6.45, 7) is 3.02. The maximum absolute atomic E-state index is 12.6. The SMILES string of the molecule is CC[C@H](C)[C@H](NC(=O)O)C(=O)NCC(=O)N1C[C@@H](O)C[C@H]1C(=O)NCc1nn[nH]n1. The molecule has 4 amide bonds. The molecule has 1 aromatic rings. The van der Waals surface area contributed by atoms with Crippen molar-refractivity contribution in [1.82, 2.24) is 41.5 Å². The summed E-state index contributed by atoms with van der Waals surface area (Å²) in [6.07, 6.45) is -1.63. The van der Waals surface area contributed by atoms with Gasteiger partial charge in [0.25, 0.3) is 0 Å². The highest BCUT2D eigenvalue weighted by molar-refractivity contribution is 5.92. The normalized spacial score (nSPS) is 20.3. The number of nitrogens with one attached hydrogen (secondary N) is 4. The number of hydrogen-bond donors (Lipinski definition) is 6. The zero-order valence-electron chi connectivity index (χ0n) is 16.7. The van der Waals surface area contributed by atoms with E-state index in [0.29, 0.717) is 6.42 Å². The molecule has 14 nitrogen and oxygen atoms in total. The molecule has 1 saturated heterocycles. The number of amides is 4. The number of nitrogens with zero attached hydrogens (tertiary/aromatic N) is 4. The minimum Gasteiger partial charge on any atom is -0.465 e. The third kappa shape index (κ3) is 6.10. The molecule has 1 aromatic heterocycles. The second-order valence-electron chi connectivity index (χ2n) is 7.03. The molecule has 1 aliphatic heterocycles. The van der Waals surface area contributed by atoms with Crippen molar-refractivity contribution in [3.05, 3.63) is 5.82 Å². The molecular weight excluding hydrogens is 400 g/mol. The van der Waals surface area contributed by atoms with Crippen LogP contribution in [0.15, 0.2) is 0 Å². The molecule has 166 valence electrons. The summed E-state index contributed by atoms with van der Waals surface area (Å²) < 4.78 is 0. The highest BCUT2D eigenvalue weighted by Crippen LogP contribution is 2.18. The topological polar surface area (TPSA) is 203 Å². The first kappa shape index (κ1) is 23.0. The number of H-pyrrole nitrogens is 1. The largest absolute Gasteiger partial charge is 0.465 e. The summed E-state index contributed by atoms with van der Waals surface area (Å²) in [4.78, 5) is 49.5. The third-order valence-corrected chi connectivity index (χ3v) is 4.90. The average molecular weight is 426 g/mol. The van der Waals surface area contributed by atoms with Crippen molar-refractivity contribution < 1.29 is 29.4 Å². The zero-order chi connectivity index (χ0) is 22.3. The van der Waals surface area contributed by atoms with Crippen LogP contribution in [0.1, 0.15) is 32.5 Å². The first-order valence-corrected chi connectivity index (χ1v) is 9.47. The van der Waals surface area contributed by atoms with Crippen molar-refractivity contribution >= 4 is 23.8 Å². The zero-order valence-corrected chi connectivity index (χ0v) is 16.7. The molecule has 14 heteroatoms. The number of tetrazole rings is 1. The molecule has 6 N–H and O–H groups in total. The number of aliphatic hydroxyl groups is 1. The third-order valence-electron chi connectivity index (χ3n) is 4.90. The van der Waals surface area contributed by atoms with Gasteiger partial charge < -0.3 is 31.1 Å². The van der Waals surface area contributed by atoms with Crippen LogP contribution in [0.25, 0.3) is 0 Å². The lowest BCUT2D eigenvalue weighted by molar-refractivity contribution is -0.139. The molecule has 0 unspecified atom stereocenters. The van der Waals surface area contributed by atoms with E-state index in [9.17, 15) is 24.3 Å². The minimum absolute atomic E-state index is 0.00185. The summed E-state index contributed by atoms with van der Waals surface area (Å²) in [6, 6.07) is -1.93. The molecule has 0 aromatic carbocycles. The van der Waals surface area contributed by atoms with Crippen LogP contribution >= 0.6 is 0 Å². The van der Waals surface area contributed by atoms with E-state index in [-0.39, 0.29) is 31.3 Å². The predicted octanol–water partition coefficient (Wildman–Crippen LogP) is -2.42. The number of carbonyl (C=O) groups is 4. The average Bonchev–Trinajstić information content (AvgIpc) is 3.37. The standard InChI is InChI=1S/C16H26N8O6/c1-3-8(2)13(19-16(29)30)15(28)18-6-12(26)24-7-9(25)4-10(24)14(27)17-5-11-20-22-23-21-11/h8-10,13,19,25H,3-7H2,1-2H3,(H,17,27)(H,18,28)(H,29,30)(H,20,21,22,23)/t8-,9-,10-,13-/m0/s1. The van der Waals surface area contributed by atoms with E-state index in [0.717, 1.165) is 0 Å². The van der Waals surface area contributed by atoms with Gasteiger partial charge in [-0.2, -0.15) is 5.21 Å². The molecule has 0 saturated carbocycles. The van der Waals surface area contributed by atoms with Crippen LogP contribution in [0.5, 0.6) is 0 Å². The van der Waals surface area contributed by atoms with E-state index in [1.807, 2.05) is 6.92 Å². The monoisotopic (exact) mass is 426 g/mol. The Kier molecular flexibility index (Phi) is 8.03. The quantitative estimate of drug-likeness (QED) is 0.248. The van der Waals surface area contributed by atoms with Crippen molar-refractivity contribution in [2.45, 2.75) is 51.4 Å². The van der Waals surface area contributed by atoms with Crippen LogP contribution in [0.4, 0.5) is 4.79 Å². The molecule has 0 aliphatic carbocycles. The molecule has 0 bridgehead atoms. The molecule has 1 aliphatic rings. The number of β-amino-alcohol motifs (C(OH)–C–C–N with tert-alkyl or cyclic N) is 1. The fraction of sp³-hybridized carbons (Fsp3) is 0.688. The first-order chi connectivity index (χ1) is 14.2. The van der Waals surface area contributed by atoms with Crippen molar-refractivity contribution in [2.24, 2.45) is 5.92 Å². The Morgan fingerprint density at radius 3 is 2.63 bits per heavy atom. The summed E-state index contributed by atoms with van der Waals surface area (Å²) in [5, 5.41) is 39.0. The fourth-order valence-electron chi connectivity index (χ4n) is 3.09. The van der Waals surface area contributed by atoms with Gasteiger partial charge in [0.2, 0.25) is 17.7 Å². The maximum Gasteiger partial charge on any atom is 0.405 e. The van der Waals surface area contributed by atoms with E-state index in [4.69, 9.17) is 5.11 Å². The number of aromatic nitrogens is 4. The second kappa shape index (κ2) is 10.5. The second-order valence-corrected chi connectivity index (χ2v) is 7.03. The molecule has 30 heavy (non-hydrogen) atoms. The number of rotatable bonds is 9. The van der Waals surface area contributed by atoms with E-state index >= 15 is 0 Å². The van der Waals surface area contributed by atoms with E-state index < -0.39 is 48.5 Å². The van der Waals surface area contributed by atoms with Gasteiger partial charge in [-0.3, -0.25) is 14.4 Å². The van der Waals surface area contributed by atoms with Gasteiger partial charge in [0, 0.05) is 13.0 Å². The molecule has 2 heterocycles. The molecule has 0 spiro atoms. The van der Waals surface area contributed by atoms with Gasteiger partial charge in [0.15, 0.2) is 5.82 Å². The predicted molar refractivity (Wildman–Crippen MR) is 99.6 cm³/mol. The smallest absolute Gasteiger partial charge is 0.405 e. The van der Waals surface area contributed by atoms with Crippen LogP contribution in [0, 0.1) is 5.92 Å². The Bertz CT molecular complexity index is 757. The molecule has 0 radical (unpaired) electrons. The van der Waals surface area contributed by atoms with Gasteiger partial charge in [-0.25, -0.2) is 4.79 Å². The number of hydrogen-bond acceptors (Lipinski definition) is 8. The lowest BCUT2D eigenvalue weighted by Crippen LogP contribution is -2.53. The molecule has 2 rings (SSSR count). The van der Waals surface area contributed by atoms with Gasteiger partial charge >= 0.3 is 6.09 Å². The molecular formula is C16H26N8O6. The van der Waals surface area contributed by atoms with Crippen LogP contribution in [0.3, 0.4) is 0 Å². The van der Waals surface area contributed by atoms with Crippen molar-refractivity contribution in [3.8, 4) is 0 Å². The van der Waals surface area contributed by atoms with E-state index in [1.54, 1.807) is 6.92 Å². The number of carbonyl (C=O) groups excluding carboxylic acids is 3. The Balaban J connectivity index is 1.93. The Morgan fingerprint density at radius 2 is 2.03 bits per heavy atom. The van der Waals surface area contributed by atoms with Gasteiger partial charge in [0.05, 0.1) is 19.2 Å². The Labute approximate surface area is 171 Å². The molecule has 1 fully saturated rings.